The Bertz CT molecular complexity index is 1970. The minimum atomic E-state index is -5.19. The van der Waals surface area contributed by atoms with E-state index in [2.05, 4.69) is 7.26 Å². The molecule has 0 aliphatic rings. The van der Waals surface area contributed by atoms with Gasteiger partial charge in [-0.15, -0.1) is 7.26 Å². The zero-order chi connectivity index (χ0) is 27.9. The van der Waals surface area contributed by atoms with Gasteiger partial charge in [0.2, 0.25) is 0 Å². The molecule has 0 heterocycles. The van der Waals surface area contributed by atoms with Gasteiger partial charge >= 0.3 is 40.5 Å². The highest BCUT2D eigenvalue weighted by Crippen LogP contribution is 2.40. The van der Waals surface area contributed by atoms with Crippen molar-refractivity contribution >= 4 is 56.9 Å². The normalized spacial score (nSPS) is 12.9. The third-order valence-corrected chi connectivity index (χ3v) is 11.4. The second kappa shape index (κ2) is 9.64. The fourth-order valence-corrected chi connectivity index (χ4v) is 8.72. The van der Waals surface area contributed by atoms with E-state index in [4.69, 9.17) is 5.73 Å². The average molecular weight is 600 g/mol. The number of phenols is 1. The van der Waals surface area contributed by atoms with Crippen molar-refractivity contribution in [2.45, 2.75) is 19.6 Å². The van der Waals surface area contributed by atoms with Crippen molar-refractivity contribution in [3.8, 4) is 5.75 Å². The SMILES string of the molecule is Nc1ccc(S(=O)(=O)OS(=O)(=O)c2ccccc2)c2ccc(S(=O)(=O)OS(=O)(=O)c3ccccc3)c(O)c12. The molecule has 0 bridgehead atoms. The van der Waals surface area contributed by atoms with Crippen LogP contribution in [0, 0.1) is 0 Å². The molecule has 4 rings (SSSR count). The molecular weight excluding hydrogens is 583 g/mol. The minimum absolute atomic E-state index is 0.315. The molecule has 0 atom stereocenters. The molecule has 0 saturated carbocycles. The van der Waals surface area contributed by atoms with E-state index in [0.29, 0.717) is 6.07 Å². The summed E-state index contributed by atoms with van der Waals surface area (Å²) in [5.41, 5.74) is 5.54. The molecule has 0 aliphatic carbocycles. The van der Waals surface area contributed by atoms with E-state index < -0.39 is 76.6 Å². The zero-order valence-corrected chi connectivity index (χ0v) is 22.1. The Hall–Kier alpha value is -3.54. The summed E-state index contributed by atoms with van der Waals surface area (Å²) in [6.07, 6.45) is 0. The molecular formula is C22H17NO11S4. The topological polar surface area (TPSA) is 201 Å². The van der Waals surface area contributed by atoms with Gasteiger partial charge < -0.3 is 10.8 Å². The van der Waals surface area contributed by atoms with Crippen molar-refractivity contribution in [2.24, 2.45) is 0 Å². The molecule has 38 heavy (non-hydrogen) atoms. The second-order valence-electron chi connectivity index (χ2n) is 7.57. The van der Waals surface area contributed by atoms with Crippen LogP contribution in [0.3, 0.4) is 0 Å². The van der Waals surface area contributed by atoms with Crippen LogP contribution in [0.25, 0.3) is 10.8 Å². The first kappa shape index (κ1) is 27.5. The third kappa shape index (κ3) is 5.22. The van der Waals surface area contributed by atoms with E-state index in [1.165, 1.54) is 36.4 Å². The Morgan fingerprint density at radius 2 is 0.947 bits per heavy atom. The van der Waals surface area contributed by atoms with Crippen LogP contribution in [0.15, 0.2) is 105 Å². The molecule has 4 aromatic carbocycles. The highest BCUT2D eigenvalue weighted by atomic mass is 32.3. The molecule has 16 heteroatoms. The van der Waals surface area contributed by atoms with Crippen LogP contribution in [0.4, 0.5) is 5.69 Å². The van der Waals surface area contributed by atoms with Gasteiger partial charge in [-0.2, -0.15) is 33.7 Å². The first-order chi connectivity index (χ1) is 17.7. The van der Waals surface area contributed by atoms with Gasteiger partial charge in [-0.25, -0.2) is 0 Å². The predicted molar refractivity (Wildman–Crippen MR) is 134 cm³/mol. The molecule has 12 nitrogen and oxygen atoms in total. The van der Waals surface area contributed by atoms with Crippen LogP contribution in [0.1, 0.15) is 0 Å². The fourth-order valence-electron chi connectivity index (χ4n) is 3.39. The lowest BCUT2D eigenvalue weighted by Crippen LogP contribution is -2.15. The summed E-state index contributed by atoms with van der Waals surface area (Å²) in [6, 6.07) is 16.2. The molecule has 0 aromatic heterocycles. The van der Waals surface area contributed by atoms with Crippen molar-refractivity contribution in [3.63, 3.8) is 0 Å². The summed E-state index contributed by atoms with van der Waals surface area (Å²) < 4.78 is 110. The minimum Gasteiger partial charge on any atom is -0.506 e. The van der Waals surface area contributed by atoms with Gasteiger partial charge in [-0.1, -0.05) is 42.5 Å². The van der Waals surface area contributed by atoms with Crippen molar-refractivity contribution in [2.75, 3.05) is 5.73 Å². The maximum atomic E-state index is 12.9. The molecule has 3 N–H and O–H groups in total. The van der Waals surface area contributed by atoms with Crippen LogP contribution >= 0.6 is 0 Å². The molecule has 0 amide bonds. The van der Waals surface area contributed by atoms with Crippen LogP contribution in [0.2, 0.25) is 0 Å². The second-order valence-corrected chi connectivity index (χ2v) is 14.1. The van der Waals surface area contributed by atoms with Crippen molar-refractivity contribution in [3.05, 3.63) is 84.9 Å². The van der Waals surface area contributed by atoms with E-state index >= 15 is 0 Å². The maximum absolute atomic E-state index is 12.9. The van der Waals surface area contributed by atoms with Gasteiger partial charge in [-0.05, 0) is 42.5 Å². The Morgan fingerprint density at radius 1 is 0.526 bits per heavy atom. The Balaban J connectivity index is 1.81. The van der Waals surface area contributed by atoms with Crippen molar-refractivity contribution < 1.29 is 46.0 Å². The standard InChI is InChI=1S/C22H17NO11S4/c23-18-12-14-19(37(29,30)33-35(25,26)15-7-3-1-4-8-15)17-11-13-20(22(24)21(17)18)38(31,32)34-36(27,28)16-9-5-2-6-10-16/h1-14,24H,23H2. The molecule has 200 valence electrons. The Morgan fingerprint density at radius 3 is 1.42 bits per heavy atom. The quantitative estimate of drug-likeness (QED) is 0.280. The first-order valence-electron chi connectivity index (χ1n) is 10.2. The summed E-state index contributed by atoms with van der Waals surface area (Å²) in [4.78, 5) is -2.73. The highest BCUT2D eigenvalue weighted by molar-refractivity contribution is 8.00. The number of hydrogen-bond acceptors (Lipinski definition) is 12. The molecule has 0 saturated heterocycles. The number of rotatable bonds is 8. The van der Waals surface area contributed by atoms with E-state index in [9.17, 15) is 38.8 Å². The molecule has 0 spiro atoms. The Kier molecular flexibility index (Phi) is 6.98. The van der Waals surface area contributed by atoms with Gasteiger partial charge in [0.15, 0.2) is 0 Å². The summed E-state index contributed by atoms with van der Waals surface area (Å²) in [6.45, 7) is 0. The number of benzene rings is 4. The van der Waals surface area contributed by atoms with E-state index in [1.54, 1.807) is 0 Å². The monoisotopic (exact) mass is 599 g/mol. The van der Waals surface area contributed by atoms with Gasteiger partial charge in [0.25, 0.3) is 0 Å². The number of anilines is 1. The molecule has 0 unspecified atom stereocenters. The smallest absolute Gasteiger partial charge is 0.315 e. The highest BCUT2D eigenvalue weighted by Gasteiger charge is 2.33. The van der Waals surface area contributed by atoms with Gasteiger partial charge in [0.05, 0.1) is 9.79 Å². The van der Waals surface area contributed by atoms with Gasteiger partial charge in [0, 0.05) is 16.5 Å². The third-order valence-electron chi connectivity index (χ3n) is 5.07. The van der Waals surface area contributed by atoms with E-state index in [-0.39, 0.29) is 5.69 Å². The largest absolute Gasteiger partial charge is 0.506 e. The summed E-state index contributed by atoms with van der Waals surface area (Å²) in [7, 11) is -19.9. The summed E-state index contributed by atoms with van der Waals surface area (Å²) in [5.74, 6) is -1.13. The van der Waals surface area contributed by atoms with Gasteiger partial charge in [-0.3, -0.25) is 0 Å². The zero-order valence-electron chi connectivity index (χ0n) is 18.8. The van der Waals surface area contributed by atoms with Crippen LogP contribution in [0.5, 0.6) is 5.75 Å². The molecule has 0 fully saturated rings. The number of aromatic hydroxyl groups is 1. The van der Waals surface area contributed by atoms with Crippen LogP contribution < -0.4 is 5.73 Å². The fraction of sp³-hybridized carbons (Fsp3) is 0. The number of phenolic OH excluding ortho intramolecular Hbond substituents is 1. The van der Waals surface area contributed by atoms with E-state index in [1.807, 2.05) is 0 Å². The first-order valence-corrected chi connectivity index (χ1v) is 15.9. The average Bonchev–Trinajstić information content (AvgIpc) is 2.84. The molecule has 0 radical (unpaired) electrons. The van der Waals surface area contributed by atoms with Crippen molar-refractivity contribution in [1.29, 1.82) is 0 Å². The lowest BCUT2D eigenvalue weighted by Gasteiger charge is -2.14. The lowest BCUT2D eigenvalue weighted by molar-refractivity contribution is 0.443. The number of fused-ring (bicyclic) bond motifs is 1. The van der Waals surface area contributed by atoms with Crippen LogP contribution in [-0.2, 0) is 47.7 Å². The molecule has 0 aliphatic heterocycles. The molecule has 4 aromatic rings. The summed E-state index contributed by atoms with van der Waals surface area (Å²) >= 11 is 0. The van der Waals surface area contributed by atoms with Gasteiger partial charge in [0.1, 0.15) is 15.5 Å². The van der Waals surface area contributed by atoms with Crippen molar-refractivity contribution in [1.82, 2.24) is 0 Å². The predicted octanol–water partition coefficient (Wildman–Crippen LogP) is 2.32. The Labute approximate surface area is 218 Å². The van der Waals surface area contributed by atoms with Crippen LogP contribution in [-0.4, -0.2) is 38.8 Å². The summed E-state index contributed by atoms with van der Waals surface area (Å²) in [5, 5.41) is 9.81. The number of hydrogen-bond donors (Lipinski definition) is 2. The maximum Gasteiger partial charge on any atom is 0.315 e. The lowest BCUT2D eigenvalue weighted by atomic mass is 10.1. The van der Waals surface area contributed by atoms with E-state index in [0.717, 1.165) is 42.5 Å². The number of nitrogens with two attached hydrogens (primary N) is 1. The number of nitrogen functional groups attached to an aromatic ring is 1.